The molecule has 3 rings (SSSR count). The van der Waals surface area contributed by atoms with Crippen LogP contribution in [0, 0.1) is 23.7 Å². The number of carbonyl (C=O) groups is 3. The van der Waals surface area contributed by atoms with Gasteiger partial charge in [0.05, 0.1) is 11.8 Å². The summed E-state index contributed by atoms with van der Waals surface area (Å²) in [6, 6.07) is -0.565. The molecule has 3 aliphatic rings. The van der Waals surface area contributed by atoms with Crippen molar-refractivity contribution in [3.05, 3.63) is 12.2 Å². The molecule has 2 bridgehead atoms. The second-order valence-corrected chi connectivity index (χ2v) is 6.50. The summed E-state index contributed by atoms with van der Waals surface area (Å²) in [7, 11) is 1.62. The van der Waals surface area contributed by atoms with E-state index in [1.54, 1.807) is 7.05 Å². The Kier molecular flexibility index (Phi) is 4.04. The maximum absolute atomic E-state index is 12.4. The zero-order chi connectivity index (χ0) is 15.9. The van der Waals surface area contributed by atoms with Gasteiger partial charge in [0.25, 0.3) is 0 Å². The molecule has 0 aromatic heterocycles. The first-order valence-electron chi connectivity index (χ1n) is 7.98. The van der Waals surface area contributed by atoms with Crippen LogP contribution in [0.25, 0.3) is 0 Å². The lowest BCUT2D eigenvalue weighted by atomic mass is 9.85. The summed E-state index contributed by atoms with van der Waals surface area (Å²) in [4.78, 5) is 37.2. The fraction of sp³-hybridized carbons (Fsp3) is 0.688. The van der Waals surface area contributed by atoms with Gasteiger partial charge in [0.2, 0.25) is 11.8 Å². The zero-order valence-corrected chi connectivity index (χ0v) is 12.7. The van der Waals surface area contributed by atoms with E-state index in [-0.39, 0.29) is 35.5 Å². The molecule has 2 fully saturated rings. The van der Waals surface area contributed by atoms with Gasteiger partial charge in [-0.3, -0.25) is 19.3 Å². The van der Waals surface area contributed by atoms with Crippen LogP contribution in [-0.2, 0) is 14.4 Å². The van der Waals surface area contributed by atoms with Gasteiger partial charge in [0.15, 0.2) is 0 Å². The van der Waals surface area contributed by atoms with Crippen molar-refractivity contribution in [3.8, 4) is 0 Å². The van der Waals surface area contributed by atoms with Crippen molar-refractivity contribution in [2.75, 3.05) is 13.6 Å². The second kappa shape index (κ2) is 5.83. The van der Waals surface area contributed by atoms with Crippen LogP contribution in [0.2, 0.25) is 0 Å². The molecule has 2 N–H and O–H groups in total. The molecule has 22 heavy (non-hydrogen) atoms. The Labute approximate surface area is 129 Å². The van der Waals surface area contributed by atoms with Gasteiger partial charge < -0.3 is 10.4 Å². The lowest BCUT2D eigenvalue weighted by Crippen LogP contribution is -2.35. The first kappa shape index (κ1) is 15.2. The van der Waals surface area contributed by atoms with E-state index in [4.69, 9.17) is 5.11 Å². The van der Waals surface area contributed by atoms with Gasteiger partial charge in [0, 0.05) is 6.54 Å². The number of likely N-dealkylation sites (tertiary alicyclic amines) is 1. The molecule has 0 spiro atoms. The molecular formula is C16H22N2O4. The number of fused-ring (bicyclic) bond motifs is 5. The molecule has 6 nitrogen and oxygen atoms in total. The number of amides is 2. The van der Waals surface area contributed by atoms with Crippen molar-refractivity contribution >= 4 is 17.8 Å². The molecule has 0 aromatic rings. The molecule has 5 atom stereocenters. The minimum Gasteiger partial charge on any atom is -0.480 e. The highest BCUT2D eigenvalue weighted by atomic mass is 16.4. The Hall–Kier alpha value is -1.69. The fourth-order valence-corrected chi connectivity index (χ4v) is 4.19. The number of carboxylic acids is 1. The van der Waals surface area contributed by atoms with Gasteiger partial charge in [-0.15, -0.1) is 0 Å². The van der Waals surface area contributed by atoms with Crippen LogP contribution in [0.15, 0.2) is 12.2 Å². The smallest absolute Gasteiger partial charge is 0.320 e. The van der Waals surface area contributed by atoms with E-state index < -0.39 is 12.0 Å². The maximum atomic E-state index is 12.4. The number of hydrogen-bond acceptors (Lipinski definition) is 4. The Morgan fingerprint density at radius 2 is 1.86 bits per heavy atom. The molecule has 0 aromatic carbocycles. The third kappa shape index (κ3) is 2.35. The predicted molar refractivity (Wildman–Crippen MR) is 78.8 cm³/mol. The number of hydrogen-bond donors (Lipinski definition) is 2. The van der Waals surface area contributed by atoms with Crippen molar-refractivity contribution in [2.24, 2.45) is 23.7 Å². The highest BCUT2D eigenvalue weighted by Gasteiger charge is 2.58. The maximum Gasteiger partial charge on any atom is 0.320 e. The number of rotatable bonds is 7. The van der Waals surface area contributed by atoms with Gasteiger partial charge >= 0.3 is 5.97 Å². The minimum atomic E-state index is -0.868. The van der Waals surface area contributed by atoms with Crippen molar-refractivity contribution in [2.45, 2.75) is 31.7 Å². The lowest BCUT2D eigenvalue weighted by molar-refractivity contribution is -0.142. The van der Waals surface area contributed by atoms with Gasteiger partial charge in [-0.1, -0.05) is 12.2 Å². The van der Waals surface area contributed by atoms with E-state index in [1.165, 1.54) is 4.90 Å². The fourth-order valence-electron chi connectivity index (χ4n) is 4.19. The Morgan fingerprint density at radius 3 is 2.36 bits per heavy atom. The molecule has 2 aliphatic carbocycles. The molecule has 120 valence electrons. The third-order valence-corrected chi connectivity index (χ3v) is 5.33. The van der Waals surface area contributed by atoms with Crippen LogP contribution in [0.5, 0.6) is 0 Å². The van der Waals surface area contributed by atoms with Crippen LogP contribution in [0.1, 0.15) is 25.7 Å². The average Bonchev–Trinajstić information content (AvgIpc) is 3.15. The molecule has 1 aliphatic heterocycles. The zero-order valence-electron chi connectivity index (χ0n) is 12.7. The van der Waals surface area contributed by atoms with Crippen LogP contribution >= 0.6 is 0 Å². The summed E-state index contributed by atoms with van der Waals surface area (Å²) in [6.45, 7) is 0.417. The number of nitrogens with one attached hydrogen (secondary N) is 1. The van der Waals surface area contributed by atoms with Gasteiger partial charge in [-0.25, -0.2) is 0 Å². The summed E-state index contributed by atoms with van der Waals surface area (Å²) < 4.78 is 0. The monoisotopic (exact) mass is 306 g/mol. The quantitative estimate of drug-likeness (QED) is 0.409. The molecular weight excluding hydrogens is 284 g/mol. The largest absolute Gasteiger partial charge is 0.480 e. The van der Waals surface area contributed by atoms with Crippen LogP contribution < -0.4 is 5.32 Å². The molecule has 1 saturated carbocycles. The Morgan fingerprint density at radius 1 is 1.27 bits per heavy atom. The second-order valence-electron chi connectivity index (χ2n) is 6.50. The van der Waals surface area contributed by atoms with E-state index in [2.05, 4.69) is 17.5 Å². The van der Waals surface area contributed by atoms with E-state index in [9.17, 15) is 14.4 Å². The van der Waals surface area contributed by atoms with Crippen molar-refractivity contribution in [1.29, 1.82) is 0 Å². The van der Waals surface area contributed by atoms with E-state index in [0.29, 0.717) is 25.8 Å². The Bertz CT molecular complexity index is 500. The van der Waals surface area contributed by atoms with Crippen molar-refractivity contribution < 1.29 is 19.5 Å². The topological polar surface area (TPSA) is 86.7 Å². The Balaban J connectivity index is 1.51. The molecule has 1 saturated heterocycles. The number of aliphatic carboxylic acids is 1. The lowest BCUT2D eigenvalue weighted by Gasteiger charge is -2.17. The average molecular weight is 306 g/mol. The van der Waals surface area contributed by atoms with Crippen LogP contribution in [-0.4, -0.2) is 47.4 Å². The normalized spacial score (nSPS) is 33.6. The summed E-state index contributed by atoms with van der Waals surface area (Å²) >= 11 is 0. The van der Waals surface area contributed by atoms with Crippen molar-refractivity contribution in [1.82, 2.24) is 10.2 Å². The summed E-state index contributed by atoms with van der Waals surface area (Å²) in [5, 5.41) is 11.7. The molecule has 0 radical (unpaired) electrons. The van der Waals surface area contributed by atoms with E-state index in [1.807, 2.05) is 0 Å². The number of carbonyl (C=O) groups excluding carboxylic acids is 2. The van der Waals surface area contributed by atoms with E-state index >= 15 is 0 Å². The number of carboxylic acid groups (broad SMARTS) is 1. The number of unbranched alkanes of at least 4 members (excludes halogenated alkanes) is 1. The van der Waals surface area contributed by atoms with Crippen LogP contribution in [0.4, 0.5) is 0 Å². The number of imide groups is 1. The van der Waals surface area contributed by atoms with Gasteiger partial charge in [-0.05, 0) is 44.6 Å². The number of nitrogens with zero attached hydrogens (tertiary/aromatic N) is 1. The number of allylic oxidation sites excluding steroid dienone is 2. The first-order valence-corrected chi connectivity index (χ1v) is 7.98. The minimum absolute atomic E-state index is 0.0183. The summed E-state index contributed by atoms with van der Waals surface area (Å²) in [5.41, 5.74) is 0. The summed E-state index contributed by atoms with van der Waals surface area (Å²) in [6.07, 6.45) is 6.96. The molecule has 2 amide bonds. The molecule has 5 unspecified atom stereocenters. The number of likely N-dealkylation sites (N-methyl/N-ethyl adjacent to an activating group) is 1. The summed E-state index contributed by atoms with van der Waals surface area (Å²) in [5.74, 6) is -0.675. The van der Waals surface area contributed by atoms with Gasteiger partial charge in [0.1, 0.15) is 6.04 Å². The van der Waals surface area contributed by atoms with Crippen molar-refractivity contribution in [3.63, 3.8) is 0 Å². The first-order chi connectivity index (χ1) is 10.5. The highest BCUT2D eigenvalue weighted by molar-refractivity contribution is 6.06. The van der Waals surface area contributed by atoms with Gasteiger partial charge in [-0.2, -0.15) is 0 Å². The molecule has 1 heterocycles. The van der Waals surface area contributed by atoms with E-state index in [0.717, 1.165) is 6.42 Å². The third-order valence-electron chi connectivity index (χ3n) is 5.33. The predicted octanol–water partition coefficient (Wildman–Crippen LogP) is 0.636. The van der Waals surface area contributed by atoms with Crippen LogP contribution in [0.3, 0.4) is 0 Å². The highest BCUT2D eigenvalue weighted by Crippen LogP contribution is 2.52. The molecule has 6 heteroatoms. The standard InChI is InChI=1S/C16H22N2O4/c1-17-11(16(21)22)4-2-3-7-18-14(19)12-9-5-6-10(8-9)13(12)15(18)20/h5-6,9-13,17H,2-4,7-8H2,1H3,(H,21,22). The SMILES string of the molecule is CNC(CCCCN1C(=O)C2C3C=CC(C3)C2C1=O)C(=O)O.